The van der Waals surface area contributed by atoms with Crippen molar-refractivity contribution in [2.75, 3.05) is 0 Å². The standard InChI is InChI=1S/C14H14N4O/c19-14-10(8-13-16-6-7-17-13)3-4-12(18-14)11-2-1-5-15-9-11/h1-7,9-10,13,16-17H,8H2. The lowest BCUT2D eigenvalue weighted by molar-refractivity contribution is -0.120. The van der Waals surface area contributed by atoms with Gasteiger partial charge in [0.15, 0.2) is 0 Å². The smallest absolute Gasteiger partial charge is 0.253 e. The monoisotopic (exact) mass is 254 g/mol. The third kappa shape index (κ3) is 2.54. The molecule has 5 nitrogen and oxygen atoms in total. The molecule has 0 bridgehead atoms. The maximum atomic E-state index is 12.0. The fourth-order valence-electron chi connectivity index (χ4n) is 2.15. The van der Waals surface area contributed by atoms with Gasteiger partial charge >= 0.3 is 0 Å². The van der Waals surface area contributed by atoms with E-state index in [0.29, 0.717) is 12.1 Å². The second-order valence-electron chi connectivity index (χ2n) is 4.50. The highest BCUT2D eigenvalue weighted by atomic mass is 16.1. The molecule has 96 valence electrons. The van der Waals surface area contributed by atoms with Gasteiger partial charge in [-0.3, -0.25) is 9.78 Å². The van der Waals surface area contributed by atoms with Crippen LogP contribution < -0.4 is 10.6 Å². The number of rotatable bonds is 3. The van der Waals surface area contributed by atoms with E-state index in [1.807, 2.05) is 36.7 Å². The van der Waals surface area contributed by atoms with Gasteiger partial charge in [-0.15, -0.1) is 0 Å². The summed E-state index contributed by atoms with van der Waals surface area (Å²) >= 11 is 0. The van der Waals surface area contributed by atoms with Crippen molar-refractivity contribution in [3.8, 4) is 0 Å². The Morgan fingerprint density at radius 2 is 2.11 bits per heavy atom. The lowest BCUT2D eigenvalue weighted by Crippen LogP contribution is -2.35. The quantitative estimate of drug-likeness (QED) is 0.843. The van der Waals surface area contributed by atoms with Gasteiger partial charge in [0.1, 0.15) is 0 Å². The number of aromatic nitrogens is 1. The predicted molar refractivity (Wildman–Crippen MR) is 72.2 cm³/mol. The van der Waals surface area contributed by atoms with E-state index in [9.17, 15) is 4.79 Å². The zero-order valence-corrected chi connectivity index (χ0v) is 10.3. The van der Waals surface area contributed by atoms with Crippen LogP contribution in [0.1, 0.15) is 12.0 Å². The van der Waals surface area contributed by atoms with Crippen LogP contribution in [0.3, 0.4) is 0 Å². The first-order chi connectivity index (χ1) is 9.33. The maximum absolute atomic E-state index is 12.0. The molecule has 2 aliphatic heterocycles. The number of hydrogen-bond acceptors (Lipinski definition) is 4. The van der Waals surface area contributed by atoms with Crippen LogP contribution in [-0.4, -0.2) is 22.8 Å². The molecule has 5 heteroatoms. The van der Waals surface area contributed by atoms with E-state index in [2.05, 4.69) is 20.6 Å². The van der Waals surface area contributed by atoms with Gasteiger partial charge in [0.2, 0.25) is 0 Å². The average Bonchev–Trinajstić information content (AvgIpc) is 2.95. The Bertz CT molecular complexity index is 554. The first-order valence-corrected chi connectivity index (χ1v) is 6.21. The van der Waals surface area contributed by atoms with E-state index < -0.39 is 0 Å². The molecule has 19 heavy (non-hydrogen) atoms. The van der Waals surface area contributed by atoms with Crippen LogP contribution in [0, 0.1) is 5.92 Å². The number of aliphatic imine (C=N–C) groups is 1. The molecule has 0 radical (unpaired) electrons. The summed E-state index contributed by atoms with van der Waals surface area (Å²) in [6.45, 7) is 0. The van der Waals surface area contributed by atoms with Gasteiger partial charge in [0.25, 0.3) is 5.91 Å². The summed E-state index contributed by atoms with van der Waals surface area (Å²) in [6.07, 6.45) is 11.7. The number of allylic oxidation sites excluding steroid dienone is 1. The third-order valence-corrected chi connectivity index (χ3v) is 3.16. The summed E-state index contributed by atoms with van der Waals surface area (Å²) in [5, 5.41) is 6.26. The van der Waals surface area contributed by atoms with E-state index in [1.165, 1.54) is 0 Å². The van der Waals surface area contributed by atoms with E-state index >= 15 is 0 Å². The molecule has 3 rings (SSSR count). The summed E-state index contributed by atoms with van der Waals surface area (Å²) in [7, 11) is 0. The van der Waals surface area contributed by atoms with Gasteiger partial charge in [0, 0.05) is 36.8 Å². The van der Waals surface area contributed by atoms with Crippen molar-refractivity contribution in [2.24, 2.45) is 10.9 Å². The van der Waals surface area contributed by atoms with Crippen LogP contribution in [0.2, 0.25) is 0 Å². The second-order valence-corrected chi connectivity index (χ2v) is 4.50. The number of nitrogens with zero attached hydrogens (tertiary/aromatic N) is 2. The zero-order chi connectivity index (χ0) is 13.1. The van der Waals surface area contributed by atoms with Crippen LogP contribution in [0.25, 0.3) is 0 Å². The highest BCUT2D eigenvalue weighted by Gasteiger charge is 2.24. The highest BCUT2D eigenvalue weighted by Crippen LogP contribution is 2.17. The number of pyridine rings is 1. The minimum absolute atomic E-state index is 0.100. The molecule has 0 saturated heterocycles. The minimum Gasteiger partial charge on any atom is -0.370 e. The molecule has 0 aliphatic carbocycles. The van der Waals surface area contributed by atoms with E-state index in [4.69, 9.17) is 0 Å². The largest absolute Gasteiger partial charge is 0.370 e. The fourth-order valence-corrected chi connectivity index (χ4v) is 2.15. The molecule has 0 aromatic carbocycles. The number of dihydropyridines is 1. The molecule has 2 N–H and O–H groups in total. The first-order valence-electron chi connectivity index (χ1n) is 6.21. The number of carbonyl (C=O) groups is 1. The van der Waals surface area contributed by atoms with Crippen molar-refractivity contribution in [3.05, 3.63) is 54.6 Å². The van der Waals surface area contributed by atoms with Crippen molar-refractivity contribution in [1.82, 2.24) is 15.6 Å². The Balaban J connectivity index is 1.70. The fraction of sp³-hybridized carbons (Fsp3) is 0.214. The molecule has 0 saturated carbocycles. The molecular weight excluding hydrogens is 240 g/mol. The average molecular weight is 254 g/mol. The molecule has 1 atom stereocenters. The Kier molecular flexibility index (Phi) is 3.10. The van der Waals surface area contributed by atoms with Crippen molar-refractivity contribution in [2.45, 2.75) is 12.6 Å². The zero-order valence-electron chi connectivity index (χ0n) is 10.3. The molecule has 1 unspecified atom stereocenters. The highest BCUT2D eigenvalue weighted by molar-refractivity contribution is 6.15. The molecule has 0 fully saturated rings. The molecule has 3 heterocycles. The Morgan fingerprint density at radius 3 is 2.79 bits per heavy atom. The number of nitrogens with one attached hydrogen (secondary N) is 2. The summed E-state index contributed by atoms with van der Waals surface area (Å²) < 4.78 is 0. The Morgan fingerprint density at radius 1 is 1.26 bits per heavy atom. The molecule has 1 amide bonds. The molecule has 2 aliphatic rings. The third-order valence-electron chi connectivity index (χ3n) is 3.16. The van der Waals surface area contributed by atoms with Gasteiger partial charge in [-0.05, 0) is 18.2 Å². The number of carbonyl (C=O) groups excluding carboxylic acids is 1. The van der Waals surface area contributed by atoms with Gasteiger partial charge in [-0.25, -0.2) is 4.99 Å². The molecular formula is C14H14N4O. The Labute approximate surface area is 111 Å². The minimum atomic E-state index is -0.176. The van der Waals surface area contributed by atoms with Crippen LogP contribution in [0.4, 0.5) is 0 Å². The van der Waals surface area contributed by atoms with Gasteiger partial charge in [-0.2, -0.15) is 0 Å². The molecule has 0 spiro atoms. The number of amides is 1. The van der Waals surface area contributed by atoms with Crippen molar-refractivity contribution in [1.29, 1.82) is 0 Å². The summed E-state index contributed by atoms with van der Waals surface area (Å²) in [5.74, 6) is -0.276. The maximum Gasteiger partial charge on any atom is 0.253 e. The van der Waals surface area contributed by atoms with Crippen molar-refractivity contribution in [3.63, 3.8) is 0 Å². The van der Waals surface area contributed by atoms with Gasteiger partial charge in [-0.1, -0.05) is 6.08 Å². The van der Waals surface area contributed by atoms with E-state index in [-0.39, 0.29) is 18.0 Å². The molecule has 1 aromatic heterocycles. The predicted octanol–water partition coefficient (Wildman–Crippen LogP) is 0.963. The van der Waals surface area contributed by atoms with Crippen LogP contribution >= 0.6 is 0 Å². The molecule has 1 aromatic rings. The Hall–Kier alpha value is -2.43. The lowest BCUT2D eigenvalue weighted by Gasteiger charge is -2.18. The number of hydrogen-bond donors (Lipinski definition) is 2. The summed E-state index contributed by atoms with van der Waals surface area (Å²) in [5.41, 5.74) is 1.55. The van der Waals surface area contributed by atoms with Crippen LogP contribution in [-0.2, 0) is 4.79 Å². The van der Waals surface area contributed by atoms with Crippen molar-refractivity contribution >= 4 is 11.6 Å². The van der Waals surface area contributed by atoms with Crippen molar-refractivity contribution < 1.29 is 4.79 Å². The van der Waals surface area contributed by atoms with Crippen LogP contribution in [0.5, 0.6) is 0 Å². The van der Waals surface area contributed by atoms with E-state index in [1.54, 1.807) is 12.4 Å². The first kappa shape index (κ1) is 11.6. The summed E-state index contributed by atoms with van der Waals surface area (Å²) in [4.78, 5) is 20.2. The van der Waals surface area contributed by atoms with Crippen LogP contribution in [0.15, 0.2) is 54.1 Å². The van der Waals surface area contributed by atoms with Gasteiger partial charge < -0.3 is 10.6 Å². The topological polar surface area (TPSA) is 66.4 Å². The summed E-state index contributed by atoms with van der Waals surface area (Å²) in [6, 6.07) is 3.73. The normalized spacial score (nSPS) is 22.0. The second kappa shape index (κ2) is 5.06. The SMILES string of the molecule is O=C1N=C(c2cccnc2)C=CC1CC1NC=CN1. The lowest BCUT2D eigenvalue weighted by atomic mass is 9.97. The van der Waals surface area contributed by atoms with Gasteiger partial charge in [0.05, 0.1) is 17.8 Å². The van der Waals surface area contributed by atoms with E-state index in [0.717, 1.165) is 5.56 Å².